The highest BCUT2D eigenvalue weighted by Crippen LogP contribution is 2.07. The molecule has 1 heterocycles. The van der Waals surface area contributed by atoms with E-state index in [0.29, 0.717) is 17.4 Å². The number of nitrogens with zero attached hydrogens (tertiary/aromatic N) is 1. The lowest BCUT2D eigenvalue weighted by molar-refractivity contribution is 0.587. The fourth-order valence-electron chi connectivity index (χ4n) is 1.40. The van der Waals surface area contributed by atoms with Crippen LogP contribution < -0.4 is 11.2 Å². The Morgan fingerprint density at radius 3 is 2.53 bits per heavy atom. The van der Waals surface area contributed by atoms with Crippen LogP contribution in [0.25, 0.3) is 0 Å². The molecule has 0 bridgehead atoms. The molecule has 1 rings (SSSR count). The quantitative estimate of drug-likeness (QED) is 0.877. The van der Waals surface area contributed by atoms with Crippen molar-refractivity contribution in [3.63, 3.8) is 0 Å². The van der Waals surface area contributed by atoms with Gasteiger partial charge in [0.15, 0.2) is 9.84 Å². The second kappa shape index (κ2) is 5.68. The molecule has 2 N–H and O–H groups in total. The summed E-state index contributed by atoms with van der Waals surface area (Å²) in [6.45, 7) is 2.12. The fourth-order valence-corrected chi connectivity index (χ4v) is 3.21. The Morgan fingerprint density at radius 2 is 2.00 bits per heavy atom. The van der Waals surface area contributed by atoms with Crippen LogP contribution in [0.5, 0.6) is 0 Å². The summed E-state index contributed by atoms with van der Waals surface area (Å²) in [6, 6.07) is 0. The summed E-state index contributed by atoms with van der Waals surface area (Å²) in [5.41, 5.74) is 5.33. The fraction of sp³-hybridized carbons (Fsp3) is 0.500. The Bertz CT molecular complexity index is 525. The van der Waals surface area contributed by atoms with Gasteiger partial charge in [-0.1, -0.05) is 6.92 Å². The zero-order valence-electron chi connectivity index (χ0n) is 9.52. The highest BCUT2D eigenvalue weighted by atomic mass is 79.9. The Kier molecular flexibility index (Phi) is 4.76. The average Bonchev–Trinajstić information content (AvgIpc) is 2.23. The van der Waals surface area contributed by atoms with Gasteiger partial charge < -0.3 is 10.3 Å². The molecule has 1 aromatic heterocycles. The van der Waals surface area contributed by atoms with E-state index in [4.69, 9.17) is 5.73 Å². The molecule has 1 aromatic rings. The molecular formula is C10H15BrN2O3S. The predicted molar refractivity (Wildman–Crippen MR) is 71.8 cm³/mol. The van der Waals surface area contributed by atoms with Crippen LogP contribution in [0.2, 0.25) is 0 Å². The van der Waals surface area contributed by atoms with Crippen LogP contribution in [0.4, 0.5) is 5.69 Å². The van der Waals surface area contributed by atoms with Gasteiger partial charge in [-0.15, -0.1) is 0 Å². The van der Waals surface area contributed by atoms with Crippen LogP contribution in [-0.2, 0) is 16.4 Å². The minimum atomic E-state index is -3.02. The monoisotopic (exact) mass is 322 g/mol. The van der Waals surface area contributed by atoms with Crippen LogP contribution in [0.1, 0.15) is 13.3 Å². The van der Waals surface area contributed by atoms with E-state index in [1.54, 1.807) is 10.8 Å². The zero-order chi connectivity index (χ0) is 13.1. The number of aryl methyl sites for hydroxylation is 1. The third-order valence-corrected chi connectivity index (χ3v) is 4.64. The van der Waals surface area contributed by atoms with E-state index in [0.717, 1.165) is 0 Å². The minimum Gasteiger partial charge on any atom is -0.394 e. The maximum absolute atomic E-state index is 11.5. The van der Waals surface area contributed by atoms with Gasteiger partial charge >= 0.3 is 0 Å². The van der Waals surface area contributed by atoms with E-state index in [2.05, 4.69) is 15.9 Å². The molecule has 0 saturated heterocycles. The molecular weight excluding hydrogens is 308 g/mol. The molecule has 5 nitrogen and oxygen atoms in total. The minimum absolute atomic E-state index is 0.0512. The number of sulfone groups is 1. The first-order chi connectivity index (χ1) is 7.85. The van der Waals surface area contributed by atoms with Gasteiger partial charge in [0.25, 0.3) is 0 Å². The predicted octanol–water partition coefficient (Wildman–Crippen LogP) is 1.02. The lowest BCUT2D eigenvalue weighted by Crippen LogP contribution is -2.18. The van der Waals surface area contributed by atoms with Gasteiger partial charge in [0, 0.05) is 24.7 Å². The van der Waals surface area contributed by atoms with Crippen molar-refractivity contribution in [3.05, 3.63) is 27.1 Å². The zero-order valence-corrected chi connectivity index (χ0v) is 11.9. The highest BCUT2D eigenvalue weighted by Gasteiger charge is 2.10. The largest absolute Gasteiger partial charge is 0.394 e. The average molecular weight is 323 g/mol. The first kappa shape index (κ1) is 14.2. The summed E-state index contributed by atoms with van der Waals surface area (Å²) in [4.78, 5) is 11.3. The van der Waals surface area contributed by atoms with Crippen molar-refractivity contribution in [2.75, 3.05) is 17.2 Å². The van der Waals surface area contributed by atoms with E-state index >= 15 is 0 Å². The molecule has 0 unspecified atom stereocenters. The Morgan fingerprint density at radius 1 is 1.35 bits per heavy atom. The third-order valence-electron chi connectivity index (χ3n) is 2.24. The molecule has 0 fully saturated rings. The topological polar surface area (TPSA) is 82.2 Å². The molecule has 0 aromatic carbocycles. The van der Waals surface area contributed by atoms with Gasteiger partial charge in [0.05, 0.1) is 15.9 Å². The lowest BCUT2D eigenvalue weighted by atomic mass is 10.4. The maximum Gasteiger partial charge on any atom is 0.218 e. The third kappa shape index (κ3) is 4.16. The Labute approximate surface area is 109 Å². The van der Waals surface area contributed by atoms with E-state index in [1.165, 1.54) is 6.20 Å². The van der Waals surface area contributed by atoms with E-state index < -0.39 is 9.84 Å². The van der Waals surface area contributed by atoms with Crippen LogP contribution in [0.3, 0.4) is 0 Å². The van der Waals surface area contributed by atoms with Crippen molar-refractivity contribution in [1.82, 2.24) is 4.57 Å². The second-order valence-corrected chi connectivity index (χ2v) is 6.94. The molecule has 0 saturated carbocycles. The molecule has 0 spiro atoms. The first-order valence-electron chi connectivity index (χ1n) is 5.21. The first-order valence-corrected chi connectivity index (χ1v) is 7.82. The number of nitrogen functional groups attached to an aromatic ring is 1. The van der Waals surface area contributed by atoms with Crippen molar-refractivity contribution < 1.29 is 8.42 Å². The summed E-state index contributed by atoms with van der Waals surface area (Å²) in [6.07, 6.45) is 3.60. The molecule has 0 atom stereocenters. The summed E-state index contributed by atoms with van der Waals surface area (Å²) >= 11 is 3.09. The molecule has 0 aliphatic heterocycles. The molecule has 96 valence electrons. The Hall–Kier alpha value is -0.820. The van der Waals surface area contributed by atoms with E-state index in [1.807, 2.05) is 6.92 Å². The SMILES string of the molecule is CCCS(=O)(=O)CCn1cc(N)c(=O)c(Br)c1. The molecule has 0 amide bonds. The highest BCUT2D eigenvalue weighted by molar-refractivity contribution is 9.10. The summed E-state index contributed by atoms with van der Waals surface area (Å²) in [5, 5.41) is 0. The molecule has 7 heteroatoms. The number of pyridine rings is 1. The van der Waals surface area contributed by atoms with Gasteiger partial charge in [-0.25, -0.2) is 8.42 Å². The van der Waals surface area contributed by atoms with E-state index in [-0.39, 0.29) is 22.6 Å². The van der Waals surface area contributed by atoms with Crippen molar-refractivity contribution >= 4 is 31.5 Å². The van der Waals surface area contributed by atoms with Gasteiger partial charge in [-0.05, 0) is 22.4 Å². The van der Waals surface area contributed by atoms with Crippen LogP contribution >= 0.6 is 15.9 Å². The molecule has 0 aliphatic carbocycles. The van der Waals surface area contributed by atoms with Crippen molar-refractivity contribution in [2.45, 2.75) is 19.9 Å². The van der Waals surface area contributed by atoms with Gasteiger partial charge in [-0.2, -0.15) is 0 Å². The number of nitrogens with two attached hydrogens (primary N) is 1. The van der Waals surface area contributed by atoms with Gasteiger partial charge in [-0.3, -0.25) is 4.79 Å². The molecule has 0 aliphatic rings. The van der Waals surface area contributed by atoms with Crippen molar-refractivity contribution in [1.29, 1.82) is 0 Å². The maximum atomic E-state index is 11.5. The number of aromatic nitrogens is 1. The molecule has 17 heavy (non-hydrogen) atoms. The number of anilines is 1. The van der Waals surface area contributed by atoms with Gasteiger partial charge in [0.1, 0.15) is 0 Å². The van der Waals surface area contributed by atoms with Crippen LogP contribution in [0, 0.1) is 0 Å². The normalized spacial score (nSPS) is 11.6. The summed E-state index contributed by atoms with van der Waals surface area (Å²) in [5.74, 6) is 0.236. The summed E-state index contributed by atoms with van der Waals surface area (Å²) in [7, 11) is -3.02. The van der Waals surface area contributed by atoms with Gasteiger partial charge in [0.2, 0.25) is 5.43 Å². The number of rotatable bonds is 5. The van der Waals surface area contributed by atoms with E-state index in [9.17, 15) is 13.2 Å². The van der Waals surface area contributed by atoms with Crippen molar-refractivity contribution in [2.24, 2.45) is 0 Å². The lowest BCUT2D eigenvalue weighted by Gasteiger charge is -2.08. The Balaban J connectivity index is 2.81. The summed E-state index contributed by atoms with van der Waals surface area (Å²) < 4.78 is 25.0. The number of hydrogen-bond acceptors (Lipinski definition) is 4. The standard InChI is InChI=1S/C10H15BrN2O3S/c1-2-4-17(15,16)5-3-13-6-8(11)10(14)9(12)7-13/h6-7H,2-5,12H2,1H3. The van der Waals surface area contributed by atoms with Crippen LogP contribution in [0.15, 0.2) is 21.7 Å². The number of hydrogen-bond donors (Lipinski definition) is 1. The second-order valence-electron chi connectivity index (χ2n) is 3.78. The van der Waals surface area contributed by atoms with Crippen molar-refractivity contribution in [3.8, 4) is 0 Å². The number of halogens is 1. The smallest absolute Gasteiger partial charge is 0.218 e. The molecule has 0 radical (unpaired) electrons. The van der Waals surface area contributed by atoms with Crippen LogP contribution in [-0.4, -0.2) is 24.5 Å².